The van der Waals surface area contributed by atoms with E-state index in [1.165, 1.54) is 16.8 Å². The molecule has 0 amide bonds. The molecule has 1 fully saturated rings. The van der Waals surface area contributed by atoms with Crippen LogP contribution in [0.25, 0.3) is 0 Å². The van der Waals surface area contributed by atoms with Gasteiger partial charge in [0.05, 0.1) is 12.7 Å². The number of unbranched alkanes of at least 4 members (excludes halogenated alkanes) is 1. The van der Waals surface area contributed by atoms with Gasteiger partial charge in [0.25, 0.3) is 7.15 Å². The second-order valence-electron chi connectivity index (χ2n) is 5.43. The van der Waals surface area contributed by atoms with Crippen molar-refractivity contribution in [3.63, 3.8) is 0 Å². The summed E-state index contributed by atoms with van der Waals surface area (Å²) < 4.78 is 17.2. The highest BCUT2D eigenvalue weighted by atomic mass is 32.7. The Balaban J connectivity index is 1.90. The molecule has 1 aromatic heterocycles. The van der Waals surface area contributed by atoms with Crippen molar-refractivity contribution in [2.24, 2.45) is 0 Å². The van der Waals surface area contributed by atoms with Gasteiger partial charge in [-0.3, -0.25) is 4.57 Å². The summed E-state index contributed by atoms with van der Waals surface area (Å²) in [6.45, 7) is 2.17. The predicted octanol–water partition coefficient (Wildman–Crippen LogP) is 0.524. The maximum Gasteiger partial charge on any atom is 0.351 e. The topological polar surface area (TPSA) is 129 Å². The van der Waals surface area contributed by atoms with Crippen LogP contribution in [0, 0.1) is 0 Å². The standard InChI is InChI=1S/C13H22N3O6PS/c1-2-3-6-20-23(19,24)21-8-10-9(17)7-12(22-10)16-5-4-11(14)15-13(16)18/h4-5,9-10,12,17H,2-3,6-8H2,1H3,(H,19,24)(H2,14,15,18)/t9-,10+,12+,23?/m0/s1. The molecule has 0 spiro atoms. The zero-order chi connectivity index (χ0) is 17.7. The van der Waals surface area contributed by atoms with E-state index in [1.54, 1.807) is 0 Å². The first kappa shape index (κ1) is 19.6. The monoisotopic (exact) mass is 379 g/mol. The number of hydrogen-bond donors (Lipinski definition) is 3. The van der Waals surface area contributed by atoms with E-state index in [9.17, 15) is 14.8 Å². The fourth-order valence-electron chi connectivity index (χ4n) is 2.21. The van der Waals surface area contributed by atoms with Gasteiger partial charge >= 0.3 is 5.69 Å². The van der Waals surface area contributed by atoms with Crippen LogP contribution in [0.2, 0.25) is 0 Å². The summed E-state index contributed by atoms with van der Waals surface area (Å²) in [5.41, 5.74) is 4.88. The van der Waals surface area contributed by atoms with E-state index in [1.807, 2.05) is 6.92 Å². The predicted molar refractivity (Wildman–Crippen MR) is 90.8 cm³/mol. The quantitative estimate of drug-likeness (QED) is 0.336. The molecule has 1 aromatic rings. The molecule has 4 N–H and O–H groups in total. The zero-order valence-electron chi connectivity index (χ0n) is 13.3. The smallest absolute Gasteiger partial charge is 0.351 e. The summed E-state index contributed by atoms with van der Waals surface area (Å²) in [5, 5.41) is 10.1. The van der Waals surface area contributed by atoms with Crippen molar-refractivity contribution in [1.82, 2.24) is 9.55 Å². The van der Waals surface area contributed by atoms with Crippen LogP contribution < -0.4 is 11.4 Å². The number of rotatable bonds is 8. The molecular formula is C13H22N3O6PS. The van der Waals surface area contributed by atoms with Crippen LogP contribution >= 0.6 is 7.15 Å². The number of nitrogens with zero attached hydrogens (tertiary/aromatic N) is 2. The normalized spacial score (nSPS) is 26.4. The first-order chi connectivity index (χ1) is 11.3. The van der Waals surface area contributed by atoms with Crippen molar-refractivity contribution in [3.8, 4) is 0 Å². The first-order valence-corrected chi connectivity index (χ1v) is 10.2. The molecule has 4 atom stereocenters. The molecule has 2 heterocycles. The Kier molecular flexibility index (Phi) is 6.99. The number of ether oxygens (including phenoxy) is 1. The Morgan fingerprint density at radius 1 is 1.58 bits per heavy atom. The molecule has 0 saturated carbocycles. The maximum atomic E-state index is 11.8. The molecule has 0 radical (unpaired) electrons. The van der Waals surface area contributed by atoms with Gasteiger partial charge in [0.1, 0.15) is 24.8 Å². The van der Waals surface area contributed by atoms with Gasteiger partial charge in [-0.15, -0.1) is 0 Å². The number of anilines is 1. The lowest BCUT2D eigenvalue weighted by Crippen LogP contribution is -2.28. The summed E-state index contributed by atoms with van der Waals surface area (Å²) in [5.74, 6) is 0.111. The lowest BCUT2D eigenvalue weighted by Gasteiger charge is -2.23. The fraction of sp³-hybridized carbons (Fsp3) is 0.692. The van der Waals surface area contributed by atoms with Crippen molar-refractivity contribution in [2.45, 2.75) is 44.6 Å². The molecule has 1 saturated heterocycles. The fourth-order valence-corrected chi connectivity index (χ4v) is 3.39. The lowest BCUT2D eigenvalue weighted by atomic mass is 10.2. The third-order valence-electron chi connectivity index (χ3n) is 3.52. The van der Waals surface area contributed by atoms with Crippen LogP contribution in [0.3, 0.4) is 0 Å². The molecule has 0 aliphatic carbocycles. The van der Waals surface area contributed by atoms with Crippen LogP contribution in [0.5, 0.6) is 0 Å². The summed E-state index contributed by atoms with van der Waals surface area (Å²) in [6, 6.07) is 1.47. The van der Waals surface area contributed by atoms with Gasteiger partial charge in [0, 0.05) is 12.6 Å². The van der Waals surface area contributed by atoms with Crippen molar-refractivity contribution in [3.05, 3.63) is 22.7 Å². The number of aromatic nitrogens is 2. The molecule has 1 aliphatic heterocycles. The number of hydrogen-bond acceptors (Lipinski definition) is 9. The first-order valence-electron chi connectivity index (χ1n) is 7.62. The summed E-state index contributed by atoms with van der Waals surface area (Å²) in [6.07, 6.45) is 1.02. The van der Waals surface area contributed by atoms with Gasteiger partial charge < -0.3 is 27.8 Å². The van der Waals surface area contributed by atoms with E-state index in [0.717, 1.165) is 12.8 Å². The molecule has 9 nitrogen and oxygen atoms in total. The number of nitrogen functional groups attached to an aromatic ring is 1. The van der Waals surface area contributed by atoms with E-state index in [4.69, 9.17) is 31.8 Å². The molecule has 1 unspecified atom stereocenters. The second kappa shape index (κ2) is 8.57. The molecular weight excluding hydrogens is 357 g/mol. The maximum absolute atomic E-state index is 11.8. The lowest BCUT2D eigenvalue weighted by molar-refractivity contribution is -0.0439. The molecule has 11 heteroatoms. The summed E-state index contributed by atoms with van der Waals surface area (Å²) >= 11 is 4.89. The molecule has 0 bridgehead atoms. The third kappa shape index (κ3) is 5.38. The van der Waals surface area contributed by atoms with Crippen LogP contribution in [0.1, 0.15) is 32.4 Å². The third-order valence-corrected chi connectivity index (χ3v) is 5.14. The van der Waals surface area contributed by atoms with E-state index in [2.05, 4.69) is 4.98 Å². The zero-order valence-corrected chi connectivity index (χ0v) is 15.0. The van der Waals surface area contributed by atoms with Crippen molar-refractivity contribution in [2.75, 3.05) is 18.9 Å². The van der Waals surface area contributed by atoms with Gasteiger partial charge in [-0.25, -0.2) is 9.69 Å². The van der Waals surface area contributed by atoms with Gasteiger partial charge in [0.15, 0.2) is 0 Å². The van der Waals surface area contributed by atoms with E-state index in [0.29, 0.717) is 6.61 Å². The van der Waals surface area contributed by atoms with E-state index < -0.39 is 31.3 Å². The van der Waals surface area contributed by atoms with Crippen LogP contribution in [0.15, 0.2) is 17.1 Å². The average molecular weight is 379 g/mol. The molecule has 24 heavy (non-hydrogen) atoms. The minimum Gasteiger partial charge on any atom is -0.459 e. The molecule has 136 valence electrons. The van der Waals surface area contributed by atoms with Crippen LogP contribution in [-0.4, -0.2) is 45.0 Å². The highest BCUT2D eigenvalue weighted by Crippen LogP contribution is 2.55. The average Bonchev–Trinajstić information content (AvgIpc) is 2.86. The summed E-state index contributed by atoms with van der Waals surface area (Å²) in [7, 11) is -3.36. The van der Waals surface area contributed by atoms with Crippen molar-refractivity contribution >= 4 is 25.2 Å². The van der Waals surface area contributed by atoms with Crippen molar-refractivity contribution < 1.29 is 23.8 Å². The minimum atomic E-state index is -3.36. The van der Waals surface area contributed by atoms with Crippen LogP contribution in [0.4, 0.5) is 5.82 Å². The molecule has 1 aliphatic rings. The Morgan fingerprint density at radius 3 is 3.00 bits per heavy atom. The Hall–Kier alpha value is -0.740. The number of aliphatic hydroxyl groups is 1. The number of aliphatic hydroxyl groups excluding tert-OH is 1. The molecule has 0 aromatic carbocycles. The number of nitrogens with two attached hydrogens (primary N) is 1. The summed E-state index contributed by atoms with van der Waals surface area (Å²) in [4.78, 5) is 25.3. The Morgan fingerprint density at radius 2 is 2.33 bits per heavy atom. The minimum absolute atomic E-state index is 0.111. The van der Waals surface area contributed by atoms with E-state index >= 15 is 0 Å². The van der Waals surface area contributed by atoms with Gasteiger partial charge in [-0.05, 0) is 12.5 Å². The highest BCUT2D eigenvalue weighted by Gasteiger charge is 2.38. The Labute approximate surface area is 145 Å². The van der Waals surface area contributed by atoms with Gasteiger partial charge in [0.2, 0.25) is 0 Å². The Bertz CT molecular complexity index is 601. The second-order valence-corrected chi connectivity index (χ2v) is 8.26. The largest absolute Gasteiger partial charge is 0.459 e. The van der Waals surface area contributed by atoms with Crippen molar-refractivity contribution in [1.29, 1.82) is 0 Å². The van der Waals surface area contributed by atoms with Gasteiger partial charge in [-0.1, -0.05) is 13.3 Å². The van der Waals surface area contributed by atoms with Gasteiger partial charge in [-0.2, -0.15) is 14.0 Å². The van der Waals surface area contributed by atoms with Crippen LogP contribution in [-0.2, 0) is 26.0 Å². The van der Waals surface area contributed by atoms with E-state index in [-0.39, 0.29) is 18.8 Å². The SMILES string of the molecule is CCCCO[P+](O)([S-])OC[C@H]1O[C@@H](n2ccc(N)nc2=O)C[C@@H]1O. The molecule has 2 rings (SSSR count). The highest BCUT2D eigenvalue weighted by molar-refractivity contribution is 8.35.